The zero-order chi connectivity index (χ0) is 12.8. The number of rotatable bonds is 6. The topological polar surface area (TPSA) is 40.5 Å². The van der Waals surface area contributed by atoms with Crippen LogP contribution < -0.4 is 0 Å². The highest BCUT2D eigenvalue weighted by atomic mass is 16.3. The van der Waals surface area contributed by atoms with Gasteiger partial charge in [-0.3, -0.25) is 0 Å². The quantitative estimate of drug-likeness (QED) is 0.743. The SMILES string of the molecule is C=C(C[C@H](O)c1ccccc1)[C@@H](CO)C(C)C. The Balaban J connectivity index is 2.63. The summed E-state index contributed by atoms with van der Waals surface area (Å²) in [5, 5.41) is 19.4. The zero-order valence-corrected chi connectivity index (χ0v) is 10.6. The van der Waals surface area contributed by atoms with E-state index in [9.17, 15) is 10.2 Å². The van der Waals surface area contributed by atoms with Crippen LogP contribution in [0.5, 0.6) is 0 Å². The Morgan fingerprint density at radius 3 is 2.29 bits per heavy atom. The maximum atomic E-state index is 10.1. The summed E-state index contributed by atoms with van der Waals surface area (Å²) in [5.74, 6) is 0.406. The molecule has 2 atom stereocenters. The second kappa shape index (κ2) is 6.58. The molecule has 0 bridgehead atoms. The Bertz CT molecular complexity index is 343. The minimum Gasteiger partial charge on any atom is -0.396 e. The Hall–Kier alpha value is -1.12. The summed E-state index contributed by atoms with van der Waals surface area (Å²) in [6.45, 7) is 8.20. The summed E-state index contributed by atoms with van der Waals surface area (Å²) >= 11 is 0. The molecular formula is C15H22O2. The highest BCUT2D eigenvalue weighted by Crippen LogP contribution is 2.27. The molecule has 1 aromatic carbocycles. The number of aliphatic hydroxyl groups excluding tert-OH is 2. The molecule has 0 radical (unpaired) electrons. The standard InChI is InChI=1S/C15H22O2/c1-11(2)14(10-16)12(3)9-15(17)13-7-5-4-6-8-13/h4-8,11,14-17H,3,9-10H2,1-2H3/t14-,15-/m0/s1. The molecule has 2 heteroatoms. The molecule has 1 rings (SSSR count). The normalized spacial score (nSPS) is 14.6. The Morgan fingerprint density at radius 1 is 1.24 bits per heavy atom. The van der Waals surface area contributed by atoms with E-state index in [1.165, 1.54) is 0 Å². The van der Waals surface area contributed by atoms with Gasteiger partial charge in [0.1, 0.15) is 0 Å². The van der Waals surface area contributed by atoms with E-state index in [0.717, 1.165) is 11.1 Å². The monoisotopic (exact) mass is 234 g/mol. The molecule has 0 aromatic heterocycles. The molecule has 0 spiro atoms. The molecule has 2 nitrogen and oxygen atoms in total. The highest BCUT2D eigenvalue weighted by molar-refractivity contribution is 5.19. The van der Waals surface area contributed by atoms with Crippen molar-refractivity contribution in [1.29, 1.82) is 0 Å². The van der Waals surface area contributed by atoms with Crippen LogP contribution in [0.3, 0.4) is 0 Å². The van der Waals surface area contributed by atoms with Crippen molar-refractivity contribution in [2.24, 2.45) is 11.8 Å². The van der Waals surface area contributed by atoms with E-state index in [-0.39, 0.29) is 12.5 Å². The first-order chi connectivity index (χ1) is 8.06. The maximum absolute atomic E-state index is 10.1. The van der Waals surface area contributed by atoms with Crippen LogP contribution in [0.1, 0.15) is 31.9 Å². The molecule has 0 amide bonds. The van der Waals surface area contributed by atoms with Crippen molar-refractivity contribution in [2.75, 3.05) is 6.61 Å². The van der Waals surface area contributed by atoms with Gasteiger partial charge in [0.15, 0.2) is 0 Å². The van der Waals surface area contributed by atoms with Crippen LogP contribution in [0.4, 0.5) is 0 Å². The van der Waals surface area contributed by atoms with Gasteiger partial charge in [-0.25, -0.2) is 0 Å². The molecule has 0 saturated heterocycles. The van der Waals surface area contributed by atoms with Crippen molar-refractivity contribution in [3.63, 3.8) is 0 Å². The number of benzene rings is 1. The minimum absolute atomic E-state index is 0.0633. The van der Waals surface area contributed by atoms with E-state index in [1.54, 1.807) is 0 Å². The number of aliphatic hydroxyl groups is 2. The molecule has 17 heavy (non-hydrogen) atoms. The fourth-order valence-corrected chi connectivity index (χ4v) is 2.00. The van der Waals surface area contributed by atoms with Gasteiger partial charge in [0.2, 0.25) is 0 Å². The van der Waals surface area contributed by atoms with Crippen molar-refractivity contribution < 1.29 is 10.2 Å². The van der Waals surface area contributed by atoms with Crippen LogP contribution in [-0.2, 0) is 0 Å². The van der Waals surface area contributed by atoms with Gasteiger partial charge in [0.25, 0.3) is 0 Å². The second-order valence-electron chi connectivity index (χ2n) is 4.82. The summed E-state index contributed by atoms with van der Waals surface area (Å²) in [6.07, 6.45) is -0.0237. The average molecular weight is 234 g/mol. The fourth-order valence-electron chi connectivity index (χ4n) is 2.00. The van der Waals surface area contributed by atoms with E-state index < -0.39 is 6.10 Å². The van der Waals surface area contributed by atoms with Crippen molar-refractivity contribution >= 4 is 0 Å². The van der Waals surface area contributed by atoms with Crippen LogP contribution in [-0.4, -0.2) is 16.8 Å². The maximum Gasteiger partial charge on any atom is 0.0827 e. The molecule has 0 fully saturated rings. The third-order valence-corrected chi connectivity index (χ3v) is 3.17. The van der Waals surface area contributed by atoms with Crippen LogP contribution >= 0.6 is 0 Å². The molecular weight excluding hydrogens is 212 g/mol. The summed E-state index contributed by atoms with van der Waals surface area (Å²) in [6, 6.07) is 9.55. The second-order valence-corrected chi connectivity index (χ2v) is 4.82. The molecule has 1 aromatic rings. The first-order valence-corrected chi connectivity index (χ1v) is 6.07. The lowest BCUT2D eigenvalue weighted by Crippen LogP contribution is -2.17. The number of hydrogen-bond donors (Lipinski definition) is 2. The van der Waals surface area contributed by atoms with Crippen molar-refractivity contribution in [1.82, 2.24) is 0 Å². The van der Waals surface area contributed by atoms with Crippen molar-refractivity contribution in [2.45, 2.75) is 26.4 Å². The minimum atomic E-state index is -0.531. The van der Waals surface area contributed by atoms with Gasteiger partial charge in [0, 0.05) is 12.5 Å². The predicted molar refractivity (Wildman–Crippen MR) is 70.6 cm³/mol. The van der Waals surface area contributed by atoms with Crippen molar-refractivity contribution in [3.05, 3.63) is 48.0 Å². The van der Waals surface area contributed by atoms with Gasteiger partial charge >= 0.3 is 0 Å². The van der Waals surface area contributed by atoms with Crippen LogP contribution in [0, 0.1) is 11.8 Å². The van der Waals surface area contributed by atoms with E-state index in [1.807, 2.05) is 30.3 Å². The first kappa shape index (κ1) is 13.9. The summed E-state index contributed by atoms with van der Waals surface area (Å²) in [7, 11) is 0. The molecule has 0 unspecified atom stereocenters. The first-order valence-electron chi connectivity index (χ1n) is 6.07. The molecule has 94 valence electrons. The van der Waals surface area contributed by atoms with E-state index in [2.05, 4.69) is 20.4 Å². The predicted octanol–water partition coefficient (Wildman–Crippen LogP) is 2.93. The van der Waals surface area contributed by atoms with Gasteiger partial charge in [-0.05, 0) is 17.9 Å². The smallest absolute Gasteiger partial charge is 0.0827 e. The Kier molecular flexibility index (Phi) is 5.39. The molecule has 0 aliphatic rings. The molecule has 0 saturated carbocycles. The summed E-state index contributed by atoms with van der Waals surface area (Å²) in [5.41, 5.74) is 1.81. The molecule has 2 N–H and O–H groups in total. The highest BCUT2D eigenvalue weighted by Gasteiger charge is 2.19. The van der Waals surface area contributed by atoms with Gasteiger partial charge in [-0.2, -0.15) is 0 Å². The lowest BCUT2D eigenvalue weighted by atomic mass is 9.86. The zero-order valence-electron chi connectivity index (χ0n) is 10.6. The molecule has 0 heterocycles. The third-order valence-electron chi connectivity index (χ3n) is 3.17. The van der Waals surface area contributed by atoms with Crippen LogP contribution in [0.25, 0.3) is 0 Å². The van der Waals surface area contributed by atoms with Gasteiger partial charge in [0.05, 0.1) is 6.10 Å². The van der Waals surface area contributed by atoms with E-state index in [0.29, 0.717) is 12.3 Å². The lowest BCUT2D eigenvalue weighted by Gasteiger charge is -2.23. The average Bonchev–Trinajstić information content (AvgIpc) is 2.30. The Labute approximate surface area is 104 Å². The van der Waals surface area contributed by atoms with Crippen LogP contribution in [0.2, 0.25) is 0 Å². The third kappa shape index (κ3) is 3.99. The van der Waals surface area contributed by atoms with Gasteiger partial charge in [-0.15, -0.1) is 0 Å². The van der Waals surface area contributed by atoms with E-state index in [4.69, 9.17) is 0 Å². The lowest BCUT2D eigenvalue weighted by molar-refractivity contribution is 0.160. The Morgan fingerprint density at radius 2 is 1.82 bits per heavy atom. The van der Waals surface area contributed by atoms with Gasteiger partial charge < -0.3 is 10.2 Å². The van der Waals surface area contributed by atoms with Crippen LogP contribution in [0.15, 0.2) is 42.5 Å². The summed E-state index contributed by atoms with van der Waals surface area (Å²) in [4.78, 5) is 0. The van der Waals surface area contributed by atoms with Crippen molar-refractivity contribution in [3.8, 4) is 0 Å². The largest absolute Gasteiger partial charge is 0.396 e. The van der Waals surface area contributed by atoms with Gasteiger partial charge in [-0.1, -0.05) is 56.3 Å². The van der Waals surface area contributed by atoms with E-state index >= 15 is 0 Å². The fraction of sp³-hybridized carbons (Fsp3) is 0.467. The summed E-state index contributed by atoms with van der Waals surface area (Å²) < 4.78 is 0. The molecule has 0 aliphatic heterocycles. The molecule has 0 aliphatic carbocycles. The number of hydrogen-bond acceptors (Lipinski definition) is 2.